The van der Waals surface area contributed by atoms with E-state index in [-0.39, 0.29) is 11.9 Å². The number of nitrogens with one attached hydrogen (secondary N) is 1. The highest BCUT2D eigenvalue weighted by atomic mass is 19.1. The zero-order valence-electron chi connectivity index (χ0n) is 11.1. The summed E-state index contributed by atoms with van der Waals surface area (Å²) in [5.74, 6) is -1.37. The summed E-state index contributed by atoms with van der Waals surface area (Å²) in [5, 5.41) is 12.4. The summed E-state index contributed by atoms with van der Waals surface area (Å²) in [4.78, 5) is 11.4. The molecule has 2 aromatic carbocycles. The molecule has 20 heavy (non-hydrogen) atoms. The number of carboxylic acids is 1. The maximum absolute atomic E-state index is 12.9. The zero-order chi connectivity index (χ0) is 14.5. The quantitative estimate of drug-likeness (QED) is 0.878. The van der Waals surface area contributed by atoms with Crippen LogP contribution >= 0.6 is 0 Å². The van der Waals surface area contributed by atoms with Gasteiger partial charge in [-0.1, -0.05) is 42.5 Å². The molecule has 0 bridgehead atoms. The molecule has 2 rings (SSSR count). The van der Waals surface area contributed by atoms with Gasteiger partial charge in [0.25, 0.3) is 0 Å². The number of carbonyl (C=O) groups is 1. The van der Waals surface area contributed by atoms with Crippen LogP contribution in [0.4, 0.5) is 4.39 Å². The van der Waals surface area contributed by atoms with Gasteiger partial charge in [0.2, 0.25) is 0 Å². The van der Waals surface area contributed by atoms with Crippen LogP contribution in [0.5, 0.6) is 0 Å². The Bertz CT molecular complexity index is 569. The van der Waals surface area contributed by atoms with Crippen molar-refractivity contribution in [2.45, 2.75) is 19.0 Å². The minimum atomic E-state index is -0.987. The molecule has 3 nitrogen and oxygen atoms in total. The smallest absolute Gasteiger partial charge is 0.325 e. The van der Waals surface area contributed by atoms with E-state index in [1.165, 1.54) is 24.3 Å². The van der Waals surface area contributed by atoms with E-state index in [9.17, 15) is 14.3 Å². The van der Waals surface area contributed by atoms with Crippen molar-refractivity contribution in [3.63, 3.8) is 0 Å². The lowest BCUT2D eigenvalue weighted by Gasteiger charge is -2.21. The Hall–Kier alpha value is -2.20. The molecule has 0 spiro atoms. The lowest BCUT2D eigenvalue weighted by molar-refractivity contribution is -0.139. The van der Waals surface area contributed by atoms with Crippen LogP contribution in [0.2, 0.25) is 0 Å². The van der Waals surface area contributed by atoms with Crippen LogP contribution in [-0.4, -0.2) is 11.1 Å². The molecular formula is C16H16FNO2. The van der Waals surface area contributed by atoms with Crippen molar-refractivity contribution in [1.82, 2.24) is 5.32 Å². The van der Waals surface area contributed by atoms with Crippen LogP contribution in [0.15, 0.2) is 54.6 Å². The first-order valence-corrected chi connectivity index (χ1v) is 6.37. The molecule has 0 saturated carbocycles. The number of halogens is 1. The fourth-order valence-corrected chi connectivity index (χ4v) is 2.05. The Morgan fingerprint density at radius 1 is 1.05 bits per heavy atom. The van der Waals surface area contributed by atoms with Gasteiger partial charge in [0, 0.05) is 6.04 Å². The Balaban J connectivity index is 2.18. The van der Waals surface area contributed by atoms with Gasteiger partial charge in [-0.25, -0.2) is 4.39 Å². The Kier molecular flexibility index (Phi) is 4.48. The molecule has 0 radical (unpaired) electrons. The molecule has 104 valence electrons. The fourth-order valence-electron chi connectivity index (χ4n) is 2.05. The maximum Gasteiger partial charge on any atom is 0.325 e. The molecule has 2 aromatic rings. The highest BCUT2D eigenvalue weighted by Gasteiger charge is 2.22. The molecule has 0 aromatic heterocycles. The number of benzene rings is 2. The molecule has 0 aliphatic carbocycles. The summed E-state index contributed by atoms with van der Waals surface area (Å²) >= 11 is 0. The average molecular weight is 273 g/mol. The normalized spacial score (nSPS) is 13.7. The topological polar surface area (TPSA) is 49.3 Å². The van der Waals surface area contributed by atoms with Gasteiger partial charge in [-0.2, -0.15) is 0 Å². The summed E-state index contributed by atoms with van der Waals surface area (Å²) in [5.41, 5.74) is 1.53. The second kappa shape index (κ2) is 6.30. The molecule has 0 aliphatic heterocycles. The third-order valence-electron chi connectivity index (χ3n) is 3.17. The van der Waals surface area contributed by atoms with E-state index in [0.29, 0.717) is 5.56 Å². The van der Waals surface area contributed by atoms with Gasteiger partial charge in [-0.3, -0.25) is 10.1 Å². The van der Waals surface area contributed by atoms with Crippen molar-refractivity contribution < 1.29 is 14.3 Å². The summed E-state index contributed by atoms with van der Waals surface area (Å²) in [6, 6.07) is 14.1. The second-order valence-electron chi connectivity index (χ2n) is 4.62. The van der Waals surface area contributed by atoms with Crippen molar-refractivity contribution >= 4 is 5.97 Å². The van der Waals surface area contributed by atoms with Gasteiger partial charge >= 0.3 is 5.97 Å². The first-order chi connectivity index (χ1) is 9.58. The monoisotopic (exact) mass is 273 g/mol. The number of aliphatic carboxylic acids is 1. The van der Waals surface area contributed by atoms with E-state index in [0.717, 1.165) is 5.56 Å². The first-order valence-electron chi connectivity index (χ1n) is 6.37. The van der Waals surface area contributed by atoms with E-state index in [1.54, 1.807) is 0 Å². The van der Waals surface area contributed by atoms with Gasteiger partial charge in [0.05, 0.1) is 0 Å². The van der Waals surface area contributed by atoms with Crippen molar-refractivity contribution in [2.24, 2.45) is 0 Å². The number of hydrogen-bond acceptors (Lipinski definition) is 2. The maximum atomic E-state index is 12.9. The predicted molar refractivity (Wildman–Crippen MR) is 74.8 cm³/mol. The molecule has 0 fully saturated rings. The third-order valence-corrected chi connectivity index (χ3v) is 3.17. The van der Waals surface area contributed by atoms with E-state index in [1.807, 2.05) is 37.3 Å². The molecule has 1 unspecified atom stereocenters. The van der Waals surface area contributed by atoms with E-state index < -0.39 is 12.0 Å². The summed E-state index contributed by atoms with van der Waals surface area (Å²) in [7, 11) is 0. The summed E-state index contributed by atoms with van der Waals surface area (Å²) < 4.78 is 12.9. The molecule has 0 saturated heterocycles. The summed E-state index contributed by atoms with van der Waals surface area (Å²) in [6.45, 7) is 1.90. The largest absolute Gasteiger partial charge is 0.480 e. The average Bonchev–Trinajstić information content (AvgIpc) is 2.46. The molecule has 4 heteroatoms. The van der Waals surface area contributed by atoms with Gasteiger partial charge < -0.3 is 5.11 Å². The molecule has 0 heterocycles. The van der Waals surface area contributed by atoms with Gasteiger partial charge in [0.1, 0.15) is 11.9 Å². The molecule has 2 atom stereocenters. The van der Waals surface area contributed by atoms with E-state index >= 15 is 0 Å². The minimum Gasteiger partial charge on any atom is -0.480 e. The molecule has 2 N–H and O–H groups in total. The fraction of sp³-hybridized carbons (Fsp3) is 0.188. The van der Waals surface area contributed by atoms with Crippen molar-refractivity contribution in [3.8, 4) is 0 Å². The standard InChI is InChI=1S/C16H16FNO2/c1-11(12-5-3-2-4-6-12)18-15(16(19)20)13-7-9-14(17)10-8-13/h2-11,15,18H,1H3,(H,19,20)/t11-,15?/m0/s1. The first kappa shape index (κ1) is 14.2. The Morgan fingerprint density at radius 2 is 1.65 bits per heavy atom. The van der Waals surface area contributed by atoms with Gasteiger partial charge in [-0.05, 0) is 30.2 Å². The Morgan fingerprint density at radius 3 is 2.20 bits per heavy atom. The van der Waals surface area contributed by atoms with Crippen molar-refractivity contribution in [3.05, 3.63) is 71.5 Å². The van der Waals surface area contributed by atoms with Crippen LogP contribution in [0.25, 0.3) is 0 Å². The minimum absolute atomic E-state index is 0.123. The molecule has 0 aliphatic rings. The van der Waals surface area contributed by atoms with Crippen LogP contribution < -0.4 is 5.32 Å². The van der Waals surface area contributed by atoms with E-state index in [2.05, 4.69) is 5.32 Å². The third kappa shape index (κ3) is 3.42. The van der Waals surface area contributed by atoms with Gasteiger partial charge in [0.15, 0.2) is 0 Å². The van der Waals surface area contributed by atoms with Crippen LogP contribution in [0, 0.1) is 5.82 Å². The second-order valence-corrected chi connectivity index (χ2v) is 4.62. The lowest BCUT2D eigenvalue weighted by Crippen LogP contribution is -2.30. The SMILES string of the molecule is C[C@H](NC(C(=O)O)c1ccc(F)cc1)c1ccccc1. The van der Waals surface area contributed by atoms with Crippen LogP contribution in [0.1, 0.15) is 30.1 Å². The highest BCUT2D eigenvalue weighted by molar-refractivity contribution is 5.75. The number of hydrogen-bond donors (Lipinski definition) is 2. The van der Waals surface area contributed by atoms with Gasteiger partial charge in [-0.15, -0.1) is 0 Å². The highest BCUT2D eigenvalue weighted by Crippen LogP contribution is 2.20. The zero-order valence-corrected chi connectivity index (χ0v) is 11.1. The van der Waals surface area contributed by atoms with Crippen molar-refractivity contribution in [2.75, 3.05) is 0 Å². The molecule has 0 amide bonds. The Labute approximate surface area is 117 Å². The number of carboxylic acid groups (broad SMARTS) is 1. The lowest BCUT2D eigenvalue weighted by atomic mass is 10.0. The predicted octanol–water partition coefficient (Wildman–Crippen LogP) is 3.30. The van der Waals surface area contributed by atoms with Crippen LogP contribution in [-0.2, 0) is 4.79 Å². The van der Waals surface area contributed by atoms with Crippen molar-refractivity contribution in [1.29, 1.82) is 0 Å². The molecular weight excluding hydrogens is 257 g/mol. The summed E-state index contributed by atoms with van der Waals surface area (Å²) in [6.07, 6.45) is 0. The number of rotatable bonds is 5. The van der Waals surface area contributed by atoms with Crippen LogP contribution in [0.3, 0.4) is 0 Å². The van der Waals surface area contributed by atoms with E-state index in [4.69, 9.17) is 0 Å².